The van der Waals surface area contributed by atoms with Crippen molar-refractivity contribution in [2.75, 3.05) is 10.2 Å². The van der Waals surface area contributed by atoms with Crippen LogP contribution in [0.3, 0.4) is 0 Å². The van der Waals surface area contributed by atoms with E-state index in [2.05, 4.69) is 37.1 Å². The van der Waals surface area contributed by atoms with Crippen LogP contribution >= 0.6 is 0 Å². The molecule has 1 saturated carbocycles. The number of carbonyl (C=O) groups is 2. The second-order valence-corrected chi connectivity index (χ2v) is 8.15. The van der Waals surface area contributed by atoms with Crippen LogP contribution in [0.1, 0.15) is 64.4 Å². The van der Waals surface area contributed by atoms with Gasteiger partial charge in [-0.1, -0.05) is 12.8 Å². The Hall–Kier alpha value is -2.04. The van der Waals surface area contributed by atoms with Crippen LogP contribution in [0.25, 0.3) is 0 Å². The molecule has 5 nitrogen and oxygen atoms in total. The van der Waals surface area contributed by atoms with Gasteiger partial charge >= 0.3 is 0 Å². The minimum atomic E-state index is -1.04. The third-order valence-corrected chi connectivity index (χ3v) is 6.29. The minimum absolute atomic E-state index is 0.255. The Morgan fingerprint density at radius 1 is 1.12 bits per heavy atom. The number of aryl methyl sites for hydroxylation is 1. The molecular weight excluding hydrogens is 326 g/mol. The van der Waals surface area contributed by atoms with Gasteiger partial charge in [0.25, 0.3) is 0 Å². The van der Waals surface area contributed by atoms with Crippen LogP contribution in [0.4, 0.5) is 11.4 Å². The SMILES string of the molecule is Cc1cc(NC(=O)C2(C(N)=O)CCCC2)ccc1N1C(C)CCCC1C. The van der Waals surface area contributed by atoms with E-state index in [0.717, 1.165) is 24.1 Å². The smallest absolute Gasteiger partial charge is 0.240 e. The molecular formula is C21H31N3O2. The number of piperidine rings is 1. The van der Waals surface area contributed by atoms with Crippen molar-refractivity contribution in [1.82, 2.24) is 0 Å². The molecule has 26 heavy (non-hydrogen) atoms. The number of amides is 2. The summed E-state index contributed by atoms with van der Waals surface area (Å²) in [7, 11) is 0. The van der Waals surface area contributed by atoms with E-state index in [1.807, 2.05) is 12.1 Å². The van der Waals surface area contributed by atoms with Crippen molar-refractivity contribution in [3.05, 3.63) is 23.8 Å². The Labute approximate surface area is 156 Å². The molecule has 1 aliphatic heterocycles. The summed E-state index contributed by atoms with van der Waals surface area (Å²) in [5, 5.41) is 2.94. The van der Waals surface area contributed by atoms with Gasteiger partial charge in [-0.3, -0.25) is 9.59 Å². The zero-order chi connectivity index (χ0) is 18.9. The number of hydrogen-bond donors (Lipinski definition) is 2. The van der Waals surface area contributed by atoms with Crippen LogP contribution in [-0.2, 0) is 9.59 Å². The molecule has 142 valence electrons. The minimum Gasteiger partial charge on any atom is -0.369 e. The van der Waals surface area contributed by atoms with Crippen molar-refractivity contribution in [2.45, 2.75) is 77.8 Å². The highest BCUT2D eigenvalue weighted by molar-refractivity contribution is 6.10. The van der Waals surface area contributed by atoms with E-state index in [9.17, 15) is 9.59 Å². The number of primary amides is 1. The lowest BCUT2D eigenvalue weighted by molar-refractivity contribution is -0.138. The number of nitrogens with two attached hydrogens (primary N) is 1. The summed E-state index contributed by atoms with van der Waals surface area (Å²) in [5.41, 5.74) is 7.63. The normalized spacial score (nSPS) is 25.1. The number of nitrogens with zero attached hydrogens (tertiary/aromatic N) is 1. The van der Waals surface area contributed by atoms with Crippen molar-refractivity contribution >= 4 is 23.2 Å². The average molecular weight is 357 g/mol. The molecule has 5 heteroatoms. The van der Waals surface area contributed by atoms with E-state index in [4.69, 9.17) is 5.73 Å². The lowest BCUT2D eigenvalue weighted by Crippen LogP contribution is -2.45. The number of nitrogens with one attached hydrogen (secondary N) is 1. The average Bonchev–Trinajstić information content (AvgIpc) is 3.07. The fourth-order valence-corrected chi connectivity index (χ4v) is 4.73. The van der Waals surface area contributed by atoms with Gasteiger partial charge in [0.2, 0.25) is 11.8 Å². The third kappa shape index (κ3) is 3.31. The van der Waals surface area contributed by atoms with E-state index in [0.29, 0.717) is 24.9 Å². The van der Waals surface area contributed by atoms with E-state index >= 15 is 0 Å². The quantitative estimate of drug-likeness (QED) is 0.806. The Balaban J connectivity index is 1.79. The molecule has 1 saturated heterocycles. The van der Waals surface area contributed by atoms with Crippen LogP contribution < -0.4 is 16.0 Å². The zero-order valence-corrected chi connectivity index (χ0v) is 16.2. The zero-order valence-electron chi connectivity index (χ0n) is 16.2. The molecule has 3 N–H and O–H groups in total. The molecule has 2 aliphatic rings. The van der Waals surface area contributed by atoms with Crippen molar-refractivity contribution in [1.29, 1.82) is 0 Å². The molecule has 2 amide bonds. The summed E-state index contributed by atoms with van der Waals surface area (Å²) in [5.74, 6) is -0.758. The van der Waals surface area contributed by atoms with Crippen LogP contribution in [0.15, 0.2) is 18.2 Å². The Kier molecular flexibility index (Phi) is 5.26. The molecule has 1 aromatic carbocycles. The second-order valence-electron chi connectivity index (χ2n) is 8.15. The highest BCUT2D eigenvalue weighted by atomic mass is 16.2. The first-order valence-corrected chi connectivity index (χ1v) is 9.85. The molecule has 2 unspecified atom stereocenters. The molecule has 0 bridgehead atoms. The van der Waals surface area contributed by atoms with Gasteiger partial charge in [0.1, 0.15) is 5.41 Å². The fourth-order valence-electron chi connectivity index (χ4n) is 4.73. The monoisotopic (exact) mass is 357 g/mol. The summed E-state index contributed by atoms with van der Waals surface area (Å²) < 4.78 is 0. The molecule has 0 radical (unpaired) electrons. The van der Waals surface area contributed by atoms with Gasteiger partial charge in [-0.2, -0.15) is 0 Å². The van der Waals surface area contributed by atoms with Crippen molar-refractivity contribution < 1.29 is 9.59 Å². The number of rotatable bonds is 4. The van der Waals surface area contributed by atoms with Gasteiger partial charge in [-0.15, -0.1) is 0 Å². The maximum atomic E-state index is 12.8. The van der Waals surface area contributed by atoms with Gasteiger partial charge in [0, 0.05) is 23.5 Å². The molecule has 0 aromatic heterocycles. The van der Waals surface area contributed by atoms with Crippen LogP contribution in [0, 0.1) is 12.3 Å². The first kappa shape index (κ1) is 18.7. The topological polar surface area (TPSA) is 75.4 Å². The number of anilines is 2. The van der Waals surface area contributed by atoms with Crippen molar-refractivity contribution in [3.63, 3.8) is 0 Å². The molecule has 1 aliphatic carbocycles. The molecule has 2 fully saturated rings. The molecule has 1 heterocycles. The number of hydrogen-bond acceptors (Lipinski definition) is 3. The van der Waals surface area contributed by atoms with E-state index < -0.39 is 11.3 Å². The van der Waals surface area contributed by atoms with E-state index in [1.54, 1.807) is 0 Å². The first-order valence-electron chi connectivity index (χ1n) is 9.85. The highest BCUT2D eigenvalue weighted by Gasteiger charge is 2.46. The lowest BCUT2D eigenvalue weighted by Gasteiger charge is -2.41. The highest BCUT2D eigenvalue weighted by Crippen LogP contribution is 2.39. The van der Waals surface area contributed by atoms with Gasteiger partial charge in [-0.25, -0.2) is 0 Å². The molecule has 2 atom stereocenters. The summed E-state index contributed by atoms with van der Waals surface area (Å²) in [4.78, 5) is 27.2. The van der Waals surface area contributed by atoms with Gasteiger partial charge < -0.3 is 16.0 Å². The van der Waals surface area contributed by atoms with E-state index in [-0.39, 0.29) is 5.91 Å². The second kappa shape index (κ2) is 7.29. The Morgan fingerprint density at radius 3 is 2.27 bits per heavy atom. The predicted octanol–water partition coefficient (Wildman–Crippen LogP) is 3.75. The summed E-state index contributed by atoms with van der Waals surface area (Å²) >= 11 is 0. The van der Waals surface area contributed by atoms with Crippen molar-refractivity contribution in [3.8, 4) is 0 Å². The van der Waals surface area contributed by atoms with Gasteiger partial charge in [-0.05, 0) is 76.6 Å². The number of carbonyl (C=O) groups excluding carboxylic acids is 2. The summed E-state index contributed by atoms with van der Waals surface area (Å²) in [6.07, 6.45) is 6.55. The molecule has 3 rings (SSSR count). The van der Waals surface area contributed by atoms with Gasteiger partial charge in [0.05, 0.1) is 0 Å². The van der Waals surface area contributed by atoms with Crippen LogP contribution in [-0.4, -0.2) is 23.9 Å². The number of benzene rings is 1. The predicted molar refractivity (Wildman–Crippen MR) is 105 cm³/mol. The standard InChI is InChI=1S/C21H31N3O2/c1-14-13-17(23-20(26)21(19(22)25)11-4-5-12-21)9-10-18(14)24-15(2)7-6-8-16(24)3/h9-10,13,15-16H,4-8,11-12H2,1-3H3,(H2,22,25)(H,23,26). The van der Waals surface area contributed by atoms with Gasteiger partial charge in [0.15, 0.2) is 0 Å². The largest absolute Gasteiger partial charge is 0.369 e. The van der Waals surface area contributed by atoms with Crippen LogP contribution in [0.2, 0.25) is 0 Å². The Bertz CT molecular complexity index is 684. The van der Waals surface area contributed by atoms with Crippen LogP contribution in [0.5, 0.6) is 0 Å². The molecule has 0 spiro atoms. The summed E-state index contributed by atoms with van der Waals surface area (Å²) in [6.45, 7) is 6.64. The maximum Gasteiger partial charge on any atom is 0.240 e. The Morgan fingerprint density at radius 2 is 1.73 bits per heavy atom. The first-order chi connectivity index (χ1) is 12.3. The fraction of sp³-hybridized carbons (Fsp3) is 0.619. The summed E-state index contributed by atoms with van der Waals surface area (Å²) in [6, 6.07) is 7.08. The van der Waals surface area contributed by atoms with E-state index in [1.165, 1.54) is 24.9 Å². The third-order valence-electron chi connectivity index (χ3n) is 6.29. The molecule has 1 aromatic rings. The maximum absolute atomic E-state index is 12.8. The lowest BCUT2D eigenvalue weighted by atomic mass is 9.84. The van der Waals surface area contributed by atoms with Crippen molar-refractivity contribution in [2.24, 2.45) is 11.1 Å².